The number of hydrogen-bond donors (Lipinski definition) is 1. The Bertz CT molecular complexity index is 635. The quantitative estimate of drug-likeness (QED) is 0.918. The maximum atomic E-state index is 12.4. The number of amides is 1. The molecule has 0 aliphatic carbocycles. The lowest BCUT2D eigenvalue weighted by Gasteiger charge is -2.25. The Morgan fingerprint density at radius 1 is 1.05 bits per heavy atom. The normalized spacial score (nSPS) is 12.2. The molecule has 22 heavy (non-hydrogen) atoms. The number of carbonyl (C=O) groups is 1. The van der Waals surface area contributed by atoms with E-state index in [-0.39, 0.29) is 11.9 Å². The van der Waals surface area contributed by atoms with E-state index >= 15 is 0 Å². The topological polar surface area (TPSA) is 32.3 Å². The van der Waals surface area contributed by atoms with Crippen molar-refractivity contribution in [1.29, 1.82) is 0 Å². The van der Waals surface area contributed by atoms with E-state index in [1.54, 1.807) is 0 Å². The fourth-order valence-corrected chi connectivity index (χ4v) is 2.56. The molecule has 3 heteroatoms. The van der Waals surface area contributed by atoms with Gasteiger partial charge in [-0.05, 0) is 50.7 Å². The number of nitrogens with one attached hydrogen (secondary N) is 1. The van der Waals surface area contributed by atoms with Gasteiger partial charge in [-0.15, -0.1) is 0 Å². The Balaban J connectivity index is 2.10. The third kappa shape index (κ3) is 3.74. The molecule has 0 aliphatic heterocycles. The van der Waals surface area contributed by atoms with Gasteiger partial charge in [0, 0.05) is 12.1 Å². The Morgan fingerprint density at radius 2 is 1.73 bits per heavy atom. The second-order valence-corrected chi connectivity index (χ2v) is 5.85. The van der Waals surface area contributed by atoms with Crippen LogP contribution in [0.1, 0.15) is 33.1 Å². The summed E-state index contributed by atoms with van der Waals surface area (Å²) < 4.78 is 0. The van der Waals surface area contributed by atoms with Crippen LogP contribution in [-0.2, 0) is 0 Å². The monoisotopic (exact) mass is 296 g/mol. The molecule has 0 spiro atoms. The average Bonchev–Trinajstić information content (AvgIpc) is 2.50. The number of aryl methyl sites for hydroxylation is 1. The molecule has 116 valence electrons. The second kappa shape index (κ2) is 7.23. The van der Waals surface area contributed by atoms with Crippen LogP contribution in [0.2, 0.25) is 0 Å². The molecule has 0 aliphatic rings. The molecule has 0 saturated heterocycles. The number of hydrogen-bond acceptors (Lipinski definition) is 2. The molecule has 2 aromatic carbocycles. The maximum Gasteiger partial charge on any atom is 0.251 e. The minimum absolute atomic E-state index is 0.0102. The largest absolute Gasteiger partial charge is 0.350 e. The first-order valence-electron chi connectivity index (χ1n) is 7.56. The fourth-order valence-electron chi connectivity index (χ4n) is 2.56. The van der Waals surface area contributed by atoms with Crippen molar-refractivity contribution >= 4 is 5.91 Å². The van der Waals surface area contributed by atoms with Crippen LogP contribution in [0.15, 0.2) is 48.5 Å². The highest BCUT2D eigenvalue weighted by Gasteiger charge is 2.16. The van der Waals surface area contributed by atoms with E-state index in [9.17, 15) is 4.79 Å². The number of carbonyl (C=O) groups excluding carboxylic acids is 1. The minimum atomic E-state index is -0.0102. The van der Waals surface area contributed by atoms with E-state index in [0.717, 1.165) is 16.7 Å². The maximum absolute atomic E-state index is 12.4. The molecular weight excluding hydrogens is 272 g/mol. The predicted molar refractivity (Wildman–Crippen MR) is 91.1 cm³/mol. The van der Waals surface area contributed by atoms with Gasteiger partial charge in [-0.2, -0.15) is 0 Å². The molecule has 2 rings (SSSR count). The van der Waals surface area contributed by atoms with Crippen LogP contribution in [0.25, 0.3) is 0 Å². The van der Waals surface area contributed by atoms with Crippen molar-refractivity contribution in [1.82, 2.24) is 10.2 Å². The molecular formula is C19H24N2O. The zero-order valence-corrected chi connectivity index (χ0v) is 13.8. The Morgan fingerprint density at radius 3 is 2.36 bits per heavy atom. The minimum Gasteiger partial charge on any atom is -0.350 e. The summed E-state index contributed by atoms with van der Waals surface area (Å²) in [4.78, 5) is 14.6. The molecule has 0 fully saturated rings. The Hall–Kier alpha value is -2.13. The zero-order valence-electron chi connectivity index (χ0n) is 13.8. The van der Waals surface area contributed by atoms with E-state index in [1.807, 2.05) is 64.3 Å². The van der Waals surface area contributed by atoms with Gasteiger partial charge in [-0.3, -0.25) is 4.79 Å². The molecule has 0 aromatic heterocycles. The first-order chi connectivity index (χ1) is 10.5. The summed E-state index contributed by atoms with van der Waals surface area (Å²) in [7, 11) is 4.06. The van der Waals surface area contributed by atoms with Gasteiger partial charge in [0.25, 0.3) is 5.91 Å². The number of likely N-dealkylation sites (N-methyl/N-ethyl adjacent to an activating group) is 1. The fraction of sp³-hybridized carbons (Fsp3) is 0.316. The van der Waals surface area contributed by atoms with E-state index in [0.29, 0.717) is 6.54 Å². The molecule has 0 unspecified atom stereocenters. The van der Waals surface area contributed by atoms with E-state index in [4.69, 9.17) is 0 Å². The lowest BCUT2D eigenvalue weighted by Crippen LogP contribution is -2.34. The smallest absolute Gasteiger partial charge is 0.251 e. The molecule has 0 saturated carbocycles. The first kappa shape index (κ1) is 16.2. The van der Waals surface area contributed by atoms with Crippen molar-refractivity contribution in [3.05, 3.63) is 70.8 Å². The summed E-state index contributed by atoms with van der Waals surface area (Å²) >= 11 is 0. The van der Waals surface area contributed by atoms with Gasteiger partial charge in [0.05, 0.1) is 6.04 Å². The molecule has 0 radical (unpaired) electrons. The highest BCUT2D eigenvalue weighted by molar-refractivity contribution is 5.95. The number of rotatable bonds is 5. The summed E-state index contributed by atoms with van der Waals surface area (Å²) in [6.45, 7) is 4.60. The van der Waals surface area contributed by atoms with Crippen molar-refractivity contribution in [2.24, 2.45) is 0 Å². The van der Waals surface area contributed by atoms with E-state index in [2.05, 4.69) is 22.3 Å². The van der Waals surface area contributed by atoms with Crippen LogP contribution in [0, 0.1) is 13.8 Å². The van der Waals surface area contributed by atoms with Crippen LogP contribution in [0.5, 0.6) is 0 Å². The van der Waals surface area contributed by atoms with Gasteiger partial charge in [0.15, 0.2) is 0 Å². The highest BCUT2D eigenvalue weighted by Crippen LogP contribution is 2.17. The van der Waals surface area contributed by atoms with Crippen LogP contribution in [0.3, 0.4) is 0 Å². The first-order valence-corrected chi connectivity index (χ1v) is 7.56. The number of benzene rings is 2. The lowest BCUT2D eigenvalue weighted by atomic mass is 10.0. The van der Waals surface area contributed by atoms with Crippen molar-refractivity contribution < 1.29 is 4.79 Å². The second-order valence-electron chi connectivity index (χ2n) is 5.85. The third-order valence-corrected chi connectivity index (χ3v) is 4.11. The summed E-state index contributed by atoms with van der Waals surface area (Å²) in [5.41, 5.74) is 4.14. The van der Waals surface area contributed by atoms with Crippen LogP contribution in [0.4, 0.5) is 0 Å². The average molecular weight is 296 g/mol. The molecule has 1 N–H and O–H groups in total. The van der Waals surface area contributed by atoms with E-state index in [1.165, 1.54) is 5.56 Å². The van der Waals surface area contributed by atoms with Crippen molar-refractivity contribution in [2.75, 3.05) is 20.6 Å². The van der Waals surface area contributed by atoms with Crippen LogP contribution in [-0.4, -0.2) is 31.4 Å². The molecule has 1 amide bonds. The molecule has 3 nitrogen and oxygen atoms in total. The Labute approximate surface area is 133 Å². The summed E-state index contributed by atoms with van der Waals surface area (Å²) in [6, 6.07) is 16.2. The van der Waals surface area contributed by atoms with Crippen molar-refractivity contribution in [2.45, 2.75) is 19.9 Å². The zero-order chi connectivity index (χ0) is 16.1. The standard InChI is InChI=1S/C19H24N2O/c1-14-9-8-12-17(15(14)2)19(22)20-13-18(21(3)4)16-10-6-5-7-11-16/h5-12,18H,13H2,1-4H3,(H,20,22)/t18-/m1/s1. The van der Waals surface area contributed by atoms with Gasteiger partial charge < -0.3 is 10.2 Å². The third-order valence-electron chi connectivity index (χ3n) is 4.11. The van der Waals surface area contributed by atoms with Gasteiger partial charge in [-0.25, -0.2) is 0 Å². The van der Waals surface area contributed by atoms with Gasteiger partial charge >= 0.3 is 0 Å². The van der Waals surface area contributed by atoms with Gasteiger partial charge in [0.2, 0.25) is 0 Å². The van der Waals surface area contributed by atoms with Crippen LogP contribution < -0.4 is 5.32 Å². The van der Waals surface area contributed by atoms with Gasteiger partial charge in [0.1, 0.15) is 0 Å². The summed E-state index contributed by atoms with van der Waals surface area (Å²) in [5, 5.41) is 3.07. The molecule has 1 atom stereocenters. The lowest BCUT2D eigenvalue weighted by molar-refractivity contribution is 0.0941. The van der Waals surface area contributed by atoms with Crippen molar-refractivity contribution in [3.8, 4) is 0 Å². The Kier molecular flexibility index (Phi) is 5.34. The molecule has 0 heterocycles. The number of nitrogens with zero attached hydrogens (tertiary/aromatic N) is 1. The molecule has 2 aromatic rings. The highest BCUT2D eigenvalue weighted by atomic mass is 16.1. The van der Waals surface area contributed by atoms with Crippen LogP contribution >= 0.6 is 0 Å². The SMILES string of the molecule is Cc1cccc(C(=O)NC[C@H](c2ccccc2)N(C)C)c1C. The van der Waals surface area contributed by atoms with E-state index < -0.39 is 0 Å². The molecule has 0 bridgehead atoms. The van der Waals surface area contributed by atoms with Gasteiger partial charge in [-0.1, -0.05) is 42.5 Å². The summed E-state index contributed by atoms with van der Waals surface area (Å²) in [6.07, 6.45) is 0. The van der Waals surface area contributed by atoms with Crippen molar-refractivity contribution in [3.63, 3.8) is 0 Å². The summed E-state index contributed by atoms with van der Waals surface area (Å²) in [5.74, 6) is -0.0102. The predicted octanol–water partition coefficient (Wildman–Crippen LogP) is 3.34.